The van der Waals surface area contributed by atoms with Gasteiger partial charge < -0.3 is 10.1 Å². The van der Waals surface area contributed by atoms with E-state index < -0.39 is 55.2 Å². The van der Waals surface area contributed by atoms with E-state index in [1.165, 1.54) is 12.3 Å². The van der Waals surface area contributed by atoms with E-state index in [0.29, 0.717) is 24.1 Å². The van der Waals surface area contributed by atoms with Crippen molar-refractivity contribution in [2.45, 2.75) is 80.5 Å². The third kappa shape index (κ3) is 5.65. The molecule has 198 valence electrons. The van der Waals surface area contributed by atoms with Gasteiger partial charge in [0.05, 0.1) is 39.9 Å². The molecule has 0 saturated heterocycles. The van der Waals surface area contributed by atoms with Gasteiger partial charge in [0.15, 0.2) is 9.84 Å². The van der Waals surface area contributed by atoms with Crippen LogP contribution in [0.3, 0.4) is 0 Å². The molecule has 2 saturated carbocycles. The highest BCUT2D eigenvalue weighted by Gasteiger charge is 2.51. The molecule has 3 atom stereocenters. The summed E-state index contributed by atoms with van der Waals surface area (Å²) in [5, 5.41) is 10.7. The number of carbonyl (C=O) groups excluding carboxylic acids is 1. The molecule has 1 N–H and O–H groups in total. The van der Waals surface area contributed by atoms with Gasteiger partial charge in [0, 0.05) is 11.9 Å². The minimum Gasteiger partial charge on any atom is -0.375 e. The molecule has 2 fully saturated rings. The molecular formula is C26H28F3N3O4S. The van der Waals surface area contributed by atoms with Gasteiger partial charge in [-0.25, -0.2) is 8.42 Å². The second kappa shape index (κ2) is 9.72. The second-order valence-corrected chi connectivity index (χ2v) is 12.2. The molecule has 0 radical (unpaired) electrons. The first-order valence-electron chi connectivity index (χ1n) is 12.0. The predicted molar refractivity (Wildman–Crippen MR) is 129 cm³/mol. The molecule has 2 aliphatic carbocycles. The van der Waals surface area contributed by atoms with Crippen molar-refractivity contribution in [2.75, 3.05) is 0 Å². The van der Waals surface area contributed by atoms with Crippen molar-refractivity contribution >= 4 is 15.7 Å². The molecule has 11 heteroatoms. The fourth-order valence-electron chi connectivity index (χ4n) is 4.79. The van der Waals surface area contributed by atoms with Crippen molar-refractivity contribution < 1.29 is 31.1 Å². The number of nitriles is 1. The lowest BCUT2D eigenvalue weighted by molar-refractivity contribution is -0.139. The maximum Gasteiger partial charge on any atom is 0.417 e. The number of hydrogen-bond acceptors (Lipinski definition) is 6. The Bertz CT molecular complexity index is 1350. The molecule has 1 unspecified atom stereocenters. The Kier molecular flexibility index (Phi) is 7.12. The standard InChI is InChI=1S/C26H28F3N3O4S/c1-15(2)36-22-13-19(12-20(22)24(33)32-25(14-30)7-8-25)37(34,35)23-5-4-17(11-21(23)26(27,28)29)18-6-9-31-16(3)10-18/h4-6,9-11,15,19-20,22H,7-8,12-13H2,1-3H3,(H,32,33)/t19?,20-,22-/m1/s1. The van der Waals surface area contributed by atoms with Crippen molar-refractivity contribution in [1.29, 1.82) is 5.26 Å². The normalized spacial score (nSPS) is 23.0. The summed E-state index contributed by atoms with van der Waals surface area (Å²) in [5.41, 5.74) is -0.904. The highest BCUT2D eigenvalue weighted by atomic mass is 32.2. The average Bonchev–Trinajstić information content (AvgIpc) is 3.46. The van der Waals surface area contributed by atoms with E-state index in [1.54, 1.807) is 32.9 Å². The summed E-state index contributed by atoms with van der Waals surface area (Å²) >= 11 is 0. The number of hydrogen-bond donors (Lipinski definition) is 1. The number of pyridine rings is 1. The van der Waals surface area contributed by atoms with E-state index in [2.05, 4.69) is 16.4 Å². The van der Waals surface area contributed by atoms with Crippen molar-refractivity contribution in [2.24, 2.45) is 5.92 Å². The molecular weight excluding hydrogens is 507 g/mol. The van der Waals surface area contributed by atoms with E-state index in [9.17, 15) is 31.6 Å². The fraction of sp³-hybridized carbons (Fsp3) is 0.500. The molecule has 0 bridgehead atoms. The predicted octanol–water partition coefficient (Wildman–Crippen LogP) is 4.59. The molecule has 1 aromatic carbocycles. The zero-order chi connectivity index (χ0) is 27.2. The van der Waals surface area contributed by atoms with Crippen LogP contribution in [0.5, 0.6) is 0 Å². The number of carbonyl (C=O) groups is 1. The van der Waals surface area contributed by atoms with Crippen LogP contribution in [0, 0.1) is 24.2 Å². The lowest BCUT2D eigenvalue weighted by atomic mass is 10.0. The number of aryl methyl sites for hydroxylation is 1. The van der Waals surface area contributed by atoms with Gasteiger partial charge in [-0.1, -0.05) is 6.07 Å². The summed E-state index contributed by atoms with van der Waals surface area (Å²) < 4.78 is 75.4. The van der Waals surface area contributed by atoms with Crippen molar-refractivity contribution in [1.82, 2.24) is 10.3 Å². The van der Waals surface area contributed by atoms with Crippen LogP contribution in [0.2, 0.25) is 0 Å². The third-order valence-corrected chi connectivity index (χ3v) is 9.06. The lowest BCUT2D eigenvalue weighted by Gasteiger charge is -2.22. The number of nitrogens with one attached hydrogen (secondary N) is 1. The SMILES string of the molecule is Cc1cc(-c2ccc(S(=O)(=O)C3C[C@@H](OC(C)C)[C@H](C(=O)NC4(C#N)CC4)C3)c(C(F)(F)F)c2)ccn1. The van der Waals surface area contributed by atoms with Gasteiger partial charge in [-0.2, -0.15) is 18.4 Å². The molecule has 1 amide bonds. The maximum atomic E-state index is 14.1. The van der Waals surface area contributed by atoms with Crippen molar-refractivity contribution in [3.8, 4) is 17.2 Å². The first-order chi connectivity index (χ1) is 17.3. The summed E-state index contributed by atoms with van der Waals surface area (Å²) in [6, 6.07) is 8.41. The van der Waals surface area contributed by atoms with E-state index in [1.807, 2.05) is 0 Å². The van der Waals surface area contributed by atoms with Crippen LogP contribution in [0.4, 0.5) is 13.2 Å². The summed E-state index contributed by atoms with van der Waals surface area (Å²) in [6.07, 6.45) is -3.91. The molecule has 0 aliphatic heterocycles. The Morgan fingerprint density at radius 3 is 2.43 bits per heavy atom. The van der Waals surface area contributed by atoms with Gasteiger partial charge >= 0.3 is 6.18 Å². The van der Waals surface area contributed by atoms with Crippen LogP contribution in [-0.2, 0) is 25.5 Å². The highest BCUT2D eigenvalue weighted by Crippen LogP contribution is 2.43. The Morgan fingerprint density at radius 2 is 1.86 bits per heavy atom. The van der Waals surface area contributed by atoms with Gasteiger partial charge in [0.25, 0.3) is 0 Å². The maximum absolute atomic E-state index is 14.1. The Hall–Kier alpha value is -2.97. The number of sulfone groups is 1. The number of ether oxygens (including phenoxy) is 1. The van der Waals surface area contributed by atoms with Crippen LogP contribution in [-0.4, -0.2) is 42.3 Å². The van der Waals surface area contributed by atoms with Gasteiger partial charge in [-0.3, -0.25) is 9.78 Å². The first-order valence-corrected chi connectivity index (χ1v) is 13.6. The van der Waals surface area contributed by atoms with E-state index in [0.717, 1.165) is 12.1 Å². The number of amides is 1. The van der Waals surface area contributed by atoms with Crippen molar-refractivity contribution in [3.63, 3.8) is 0 Å². The van der Waals surface area contributed by atoms with Crippen LogP contribution in [0.1, 0.15) is 50.8 Å². The Balaban J connectivity index is 1.68. The molecule has 1 aromatic heterocycles. The van der Waals surface area contributed by atoms with Gasteiger partial charge in [-0.05, 0) is 81.8 Å². The van der Waals surface area contributed by atoms with Crippen LogP contribution in [0.25, 0.3) is 11.1 Å². The number of rotatable bonds is 7. The third-order valence-electron chi connectivity index (χ3n) is 6.83. The monoisotopic (exact) mass is 535 g/mol. The fourth-order valence-corrected chi connectivity index (χ4v) is 6.79. The number of benzene rings is 1. The molecule has 7 nitrogen and oxygen atoms in total. The average molecular weight is 536 g/mol. The highest BCUT2D eigenvalue weighted by molar-refractivity contribution is 7.92. The van der Waals surface area contributed by atoms with Crippen LogP contribution in [0.15, 0.2) is 41.4 Å². The van der Waals surface area contributed by atoms with E-state index in [-0.39, 0.29) is 24.5 Å². The zero-order valence-electron chi connectivity index (χ0n) is 20.7. The largest absolute Gasteiger partial charge is 0.417 e. The summed E-state index contributed by atoms with van der Waals surface area (Å²) in [4.78, 5) is 16.2. The minimum atomic E-state index is -4.92. The van der Waals surface area contributed by atoms with E-state index >= 15 is 0 Å². The molecule has 2 aromatic rings. The number of nitrogens with zero attached hydrogens (tertiary/aromatic N) is 2. The molecule has 2 aliphatic rings. The smallest absolute Gasteiger partial charge is 0.375 e. The van der Waals surface area contributed by atoms with Crippen molar-refractivity contribution in [3.05, 3.63) is 47.8 Å². The topological polar surface area (TPSA) is 109 Å². The number of aromatic nitrogens is 1. The molecule has 37 heavy (non-hydrogen) atoms. The molecule has 1 heterocycles. The van der Waals surface area contributed by atoms with Crippen LogP contribution < -0.4 is 5.32 Å². The number of halogens is 3. The lowest BCUT2D eigenvalue weighted by Crippen LogP contribution is -2.43. The quantitative estimate of drug-likeness (QED) is 0.555. The summed E-state index contributed by atoms with van der Waals surface area (Å²) in [5.74, 6) is -1.41. The summed E-state index contributed by atoms with van der Waals surface area (Å²) in [6.45, 7) is 5.17. The molecule has 4 rings (SSSR count). The van der Waals surface area contributed by atoms with Gasteiger partial charge in [-0.15, -0.1) is 0 Å². The Labute approximate surface area is 214 Å². The van der Waals surface area contributed by atoms with Gasteiger partial charge in [0.1, 0.15) is 5.54 Å². The Morgan fingerprint density at radius 1 is 1.19 bits per heavy atom. The zero-order valence-corrected chi connectivity index (χ0v) is 21.5. The second-order valence-electron chi connectivity index (χ2n) is 10.0. The van der Waals surface area contributed by atoms with Gasteiger partial charge in [0.2, 0.25) is 5.91 Å². The summed E-state index contributed by atoms with van der Waals surface area (Å²) in [7, 11) is -4.49. The molecule has 0 spiro atoms. The van der Waals surface area contributed by atoms with Crippen LogP contribution >= 0.6 is 0 Å². The first kappa shape index (κ1) is 27.1. The number of alkyl halides is 3. The van der Waals surface area contributed by atoms with E-state index in [4.69, 9.17) is 4.74 Å². The minimum absolute atomic E-state index is 0.124.